The number of ether oxygens (including phenoxy) is 1. The number of rotatable bonds is 6. The van der Waals surface area contributed by atoms with Gasteiger partial charge in [0.25, 0.3) is 5.91 Å². The SMILES string of the molecule is COc1ccc(N2CCN(CC(=O)Nc3ccccc3C(N)=O)CC2)cc1. The molecule has 0 radical (unpaired) electrons. The normalized spacial score (nSPS) is 14.6. The van der Waals surface area contributed by atoms with E-state index in [1.54, 1.807) is 31.4 Å². The number of nitrogens with one attached hydrogen (secondary N) is 1. The van der Waals surface area contributed by atoms with Crippen molar-refractivity contribution in [2.45, 2.75) is 0 Å². The van der Waals surface area contributed by atoms with Crippen LogP contribution in [0.2, 0.25) is 0 Å². The number of carbonyl (C=O) groups excluding carboxylic acids is 2. The Balaban J connectivity index is 1.51. The van der Waals surface area contributed by atoms with E-state index >= 15 is 0 Å². The minimum atomic E-state index is -0.556. The lowest BCUT2D eigenvalue weighted by Gasteiger charge is -2.35. The van der Waals surface area contributed by atoms with E-state index in [-0.39, 0.29) is 12.5 Å². The van der Waals surface area contributed by atoms with Crippen LogP contribution in [-0.4, -0.2) is 56.5 Å². The molecule has 0 aromatic heterocycles. The number of hydrogen-bond donors (Lipinski definition) is 2. The van der Waals surface area contributed by atoms with Crippen molar-refractivity contribution >= 4 is 23.2 Å². The first kappa shape index (κ1) is 18.7. The summed E-state index contributed by atoms with van der Waals surface area (Å²) in [5.41, 5.74) is 7.26. The predicted molar refractivity (Wildman–Crippen MR) is 105 cm³/mol. The van der Waals surface area contributed by atoms with E-state index in [4.69, 9.17) is 10.5 Å². The number of carbonyl (C=O) groups is 2. The Morgan fingerprint density at radius 2 is 1.70 bits per heavy atom. The number of primary amides is 1. The van der Waals surface area contributed by atoms with Gasteiger partial charge >= 0.3 is 0 Å². The number of nitrogens with two attached hydrogens (primary N) is 1. The van der Waals surface area contributed by atoms with Gasteiger partial charge in [-0.3, -0.25) is 14.5 Å². The van der Waals surface area contributed by atoms with E-state index in [2.05, 4.69) is 15.1 Å². The Kier molecular flexibility index (Phi) is 5.93. The number of para-hydroxylation sites is 1. The lowest BCUT2D eigenvalue weighted by Crippen LogP contribution is -2.48. The summed E-state index contributed by atoms with van der Waals surface area (Å²) in [6.45, 7) is 3.55. The summed E-state index contributed by atoms with van der Waals surface area (Å²) in [6.07, 6.45) is 0. The molecule has 1 aliphatic heterocycles. The van der Waals surface area contributed by atoms with Crippen molar-refractivity contribution < 1.29 is 14.3 Å². The second-order valence-electron chi connectivity index (χ2n) is 6.42. The maximum absolute atomic E-state index is 12.3. The van der Waals surface area contributed by atoms with Crippen LogP contribution < -0.4 is 20.7 Å². The van der Waals surface area contributed by atoms with Gasteiger partial charge < -0.3 is 20.7 Å². The molecule has 3 N–H and O–H groups in total. The van der Waals surface area contributed by atoms with Crippen LogP contribution in [0.4, 0.5) is 11.4 Å². The number of hydrogen-bond acceptors (Lipinski definition) is 5. The highest BCUT2D eigenvalue weighted by atomic mass is 16.5. The van der Waals surface area contributed by atoms with Crippen LogP contribution in [0, 0.1) is 0 Å². The van der Waals surface area contributed by atoms with Gasteiger partial charge in [-0.1, -0.05) is 12.1 Å². The molecule has 0 spiro atoms. The fourth-order valence-electron chi connectivity index (χ4n) is 3.16. The maximum Gasteiger partial charge on any atom is 0.250 e. The third kappa shape index (κ3) is 4.77. The molecular formula is C20H24N4O3. The van der Waals surface area contributed by atoms with Crippen LogP contribution in [-0.2, 0) is 4.79 Å². The zero-order valence-electron chi connectivity index (χ0n) is 15.4. The van der Waals surface area contributed by atoms with E-state index in [1.165, 1.54) is 0 Å². The number of nitrogens with zero attached hydrogens (tertiary/aromatic N) is 2. The van der Waals surface area contributed by atoms with E-state index in [1.807, 2.05) is 24.3 Å². The molecule has 142 valence electrons. The Hall–Kier alpha value is -3.06. The van der Waals surface area contributed by atoms with Crippen LogP contribution >= 0.6 is 0 Å². The van der Waals surface area contributed by atoms with E-state index in [9.17, 15) is 9.59 Å². The van der Waals surface area contributed by atoms with E-state index in [0.717, 1.165) is 37.6 Å². The van der Waals surface area contributed by atoms with Crippen LogP contribution in [0.15, 0.2) is 48.5 Å². The molecule has 2 aromatic rings. The summed E-state index contributed by atoms with van der Waals surface area (Å²) >= 11 is 0. The molecule has 27 heavy (non-hydrogen) atoms. The van der Waals surface area contributed by atoms with Gasteiger partial charge in [-0.25, -0.2) is 0 Å². The lowest BCUT2D eigenvalue weighted by atomic mass is 10.1. The molecule has 1 aliphatic rings. The fraction of sp³-hybridized carbons (Fsp3) is 0.300. The molecule has 0 aliphatic carbocycles. The largest absolute Gasteiger partial charge is 0.497 e. The van der Waals surface area contributed by atoms with Crippen LogP contribution in [0.5, 0.6) is 5.75 Å². The third-order valence-corrected chi connectivity index (χ3v) is 4.64. The van der Waals surface area contributed by atoms with Crippen LogP contribution in [0.1, 0.15) is 10.4 Å². The summed E-state index contributed by atoms with van der Waals surface area (Å²) < 4.78 is 5.19. The number of methoxy groups -OCH3 is 1. The van der Waals surface area contributed by atoms with Gasteiger partial charge in [0.2, 0.25) is 5.91 Å². The standard InChI is InChI=1S/C20H24N4O3/c1-27-16-8-6-15(7-9-16)24-12-10-23(11-13-24)14-19(25)22-18-5-3-2-4-17(18)20(21)26/h2-9H,10-14H2,1H3,(H2,21,26)(H,22,25). The minimum Gasteiger partial charge on any atom is -0.497 e. The highest BCUT2D eigenvalue weighted by Gasteiger charge is 2.20. The monoisotopic (exact) mass is 368 g/mol. The second-order valence-corrected chi connectivity index (χ2v) is 6.42. The highest BCUT2D eigenvalue weighted by molar-refractivity contribution is 6.03. The Morgan fingerprint density at radius 1 is 1.04 bits per heavy atom. The Morgan fingerprint density at radius 3 is 2.33 bits per heavy atom. The zero-order chi connectivity index (χ0) is 19.2. The van der Waals surface area contributed by atoms with E-state index in [0.29, 0.717) is 11.3 Å². The first-order valence-electron chi connectivity index (χ1n) is 8.87. The van der Waals surface area contributed by atoms with Crippen LogP contribution in [0.25, 0.3) is 0 Å². The summed E-state index contributed by atoms with van der Waals surface area (Å²) in [5, 5.41) is 2.79. The molecule has 7 nitrogen and oxygen atoms in total. The molecule has 3 rings (SSSR count). The topological polar surface area (TPSA) is 87.9 Å². The first-order valence-corrected chi connectivity index (χ1v) is 8.87. The first-order chi connectivity index (χ1) is 13.1. The molecule has 2 amide bonds. The quantitative estimate of drug-likeness (QED) is 0.808. The minimum absolute atomic E-state index is 0.151. The van der Waals surface area contributed by atoms with Gasteiger partial charge in [0.1, 0.15) is 5.75 Å². The molecule has 1 fully saturated rings. The van der Waals surface area contributed by atoms with Crippen molar-refractivity contribution in [2.24, 2.45) is 5.73 Å². The van der Waals surface area contributed by atoms with Crippen molar-refractivity contribution in [1.82, 2.24) is 4.90 Å². The van der Waals surface area contributed by atoms with Crippen LogP contribution in [0.3, 0.4) is 0 Å². The van der Waals surface area contributed by atoms with Crippen molar-refractivity contribution in [3.8, 4) is 5.75 Å². The molecule has 1 saturated heterocycles. The van der Waals surface area contributed by atoms with Gasteiger partial charge in [-0.15, -0.1) is 0 Å². The lowest BCUT2D eigenvalue weighted by molar-refractivity contribution is -0.117. The zero-order valence-corrected chi connectivity index (χ0v) is 15.4. The summed E-state index contributed by atoms with van der Waals surface area (Å²) in [6, 6.07) is 14.7. The third-order valence-electron chi connectivity index (χ3n) is 4.64. The summed E-state index contributed by atoms with van der Waals surface area (Å²) in [7, 11) is 1.65. The van der Waals surface area contributed by atoms with Gasteiger partial charge in [0, 0.05) is 31.9 Å². The van der Waals surface area contributed by atoms with Crippen molar-refractivity contribution in [3.05, 3.63) is 54.1 Å². The second kappa shape index (κ2) is 8.55. The molecule has 0 unspecified atom stereocenters. The van der Waals surface area contributed by atoms with Crippen molar-refractivity contribution in [2.75, 3.05) is 50.1 Å². The molecule has 1 heterocycles. The van der Waals surface area contributed by atoms with Gasteiger partial charge in [-0.05, 0) is 36.4 Å². The number of benzene rings is 2. The average molecular weight is 368 g/mol. The van der Waals surface area contributed by atoms with Gasteiger partial charge in [-0.2, -0.15) is 0 Å². The molecule has 7 heteroatoms. The smallest absolute Gasteiger partial charge is 0.250 e. The number of anilines is 2. The fourth-order valence-corrected chi connectivity index (χ4v) is 3.16. The van der Waals surface area contributed by atoms with Crippen molar-refractivity contribution in [1.29, 1.82) is 0 Å². The summed E-state index contributed by atoms with van der Waals surface area (Å²) in [4.78, 5) is 28.2. The Bertz CT molecular complexity index is 799. The highest BCUT2D eigenvalue weighted by Crippen LogP contribution is 2.20. The van der Waals surface area contributed by atoms with Gasteiger partial charge in [0.15, 0.2) is 0 Å². The predicted octanol–water partition coefficient (Wildman–Crippen LogP) is 1.55. The summed E-state index contributed by atoms with van der Waals surface area (Å²) in [5.74, 6) is 0.130. The Labute approximate surface area is 158 Å². The average Bonchev–Trinajstić information content (AvgIpc) is 2.69. The molecule has 0 saturated carbocycles. The molecular weight excluding hydrogens is 344 g/mol. The molecule has 0 bridgehead atoms. The number of amides is 2. The molecule has 2 aromatic carbocycles. The van der Waals surface area contributed by atoms with Crippen molar-refractivity contribution in [3.63, 3.8) is 0 Å². The van der Waals surface area contributed by atoms with Gasteiger partial charge in [0.05, 0.1) is 24.9 Å². The number of piperazine rings is 1. The van der Waals surface area contributed by atoms with E-state index < -0.39 is 5.91 Å². The maximum atomic E-state index is 12.3. The molecule has 0 atom stereocenters.